The summed E-state index contributed by atoms with van der Waals surface area (Å²) in [6, 6.07) is 16.8. The molecule has 5 heteroatoms. The highest BCUT2D eigenvalue weighted by Gasteiger charge is 2.26. The molecule has 2 rings (SSSR count). The lowest BCUT2D eigenvalue weighted by molar-refractivity contribution is -0.124. The van der Waals surface area contributed by atoms with Crippen molar-refractivity contribution in [3.8, 4) is 0 Å². The molecule has 0 saturated heterocycles. The highest BCUT2D eigenvalue weighted by molar-refractivity contribution is 5.97. The molecule has 162 valence electrons. The quantitative estimate of drug-likeness (QED) is 0.590. The summed E-state index contributed by atoms with van der Waals surface area (Å²) in [6.45, 7) is 11.8. The number of amides is 2. The van der Waals surface area contributed by atoms with E-state index in [1.165, 1.54) is 5.56 Å². The molecule has 2 aromatic rings. The van der Waals surface area contributed by atoms with Crippen LogP contribution in [0.2, 0.25) is 0 Å². The summed E-state index contributed by atoms with van der Waals surface area (Å²) < 4.78 is 0. The Hall–Kier alpha value is -2.66. The van der Waals surface area contributed by atoms with E-state index in [1.54, 1.807) is 12.1 Å². The van der Waals surface area contributed by atoms with Crippen molar-refractivity contribution < 1.29 is 9.59 Å². The Morgan fingerprint density at radius 1 is 0.900 bits per heavy atom. The maximum absolute atomic E-state index is 12.8. The maximum Gasteiger partial charge on any atom is 0.251 e. The number of nitrogens with one attached hydrogen (secondary N) is 2. The van der Waals surface area contributed by atoms with Crippen molar-refractivity contribution >= 4 is 11.8 Å². The number of carbonyl (C=O) groups excluding carboxylic acids is 2. The van der Waals surface area contributed by atoms with Crippen LogP contribution in [0.5, 0.6) is 0 Å². The fraction of sp³-hybridized carbons (Fsp3) is 0.440. The number of hydrogen-bond acceptors (Lipinski definition) is 3. The molecular weight excluding hydrogens is 374 g/mol. The Morgan fingerprint density at radius 2 is 1.50 bits per heavy atom. The van der Waals surface area contributed by atoms with Gasteiger partial charge in [-0.25, -0.2) is 0 Å². The molecule has 0 saturated carbocycles. The van der Waals surface area contributed by atoms with Crippen LogP contribution in [-0.2, 0) is 17.9 Å². The van der Waals surface area contributed by atoms with Gasteiger partial charge in [0.2, 0.25) is 5.91 Å². The summed E-state index contributed by atoms with van der Waals surface area (Å²) in [5.74, 6) is -0.341. The highest BCUT2D eigenvalue weighted by atomic mass is 16.2. The van der Waals surface area contributed by atoms with Crippen LogP contribution < -0.4 is 10.6 Å². The molecule has 0 fully saturated rings. The van der Waals surface area contributed by atoms with Crippen LogP contribution in [0, 0.1) is 5.92 Å². The molecule has 0 aliphatic rings. The SMILES string of the molecule is CC[C@H](C)[C@H](NC(=O)c1ccccc1)C(=O)NCc1ccc(CN(CC)CC)cc1. The van der Waals surface area contributed by atoms with Gasteiger partial charge in [0, 0.05) is 18.7 Å². The van der Waals surface area contributed by atoms with Crippen LogP contribution in [0.1, 0.15) is 55.6 Å². The third kappa shape index (κ3) is 6.99. The van der Waals surface area contributed by atoms with E-state index in [9.17, 15) is 9.59 Å². The van der Waals surface area contributed by atoms with Crippen molar-refractivity contribution in [3.05, 3.63) is 71.3 Å². The van der Waals surface area contributed by atoms with Crippen LogP contribution in [0.15, 0.2) is 54.6 Å². The van der Waals surface area contributed by atoms with E-state index in [1.807, 2.05) is 32.0 Å². The number of carbonyl (C=O) groups is 2. The van der Waals surface area contributed by atoms with Crippen molar-refractivity contribution in [1.82, 2.24) is 15.5 Å². The van der Waals surface area contributed by atoms with Gasteiger partial charge in [-0.05, 0) is 42.3 Å². The van der Waals surface area contributed by atoms with Gasteiger partial charge in [-0.2, -0.15) is 0 Å². The first kappa shape index (κ1) is 23.6. The summed E-state index contributed by atoms with van der Waals surface area (Å²) in [7, 11) is 0. The zero-order valence-electron chi connectivity index (χ0n) is 18.7. The Labute approximate surface area is 180 Å². The first-order chi connectivity index (χ1) is 14.5. The molecule has 0 bridgehead atoms. The van der Waals surface area contributed by atoms with Crippen molar-refractivity contribution in [2.24, 2.45) is 5.92 Å². The van der Waals surface area contributed by atoms with Gasteiger partial charge in [0.15, 0.2) is 0 Å². The lowest BCUT2D eigenvalue weighted by atomic mass is 9.97. The lowest BCUT2D eigenvalue weighted by Gasteiger charge is -2.23. The Bertz CT molecular complexity index is 786. The fourth-order valence-corrected chi connectivity index (χ4v) is 3.28. The molecule has 2 atom stereocenters. The average molecular weight is 410 g/mol. The molecule has 2 amide bonds. The molecular formula is C25H35N3O2. The summed E-state index contributed by atoms with van der Waals surface area (Å²) >= 11 is 0. The second kappa shape index (κ2) is 12.1. The monoisotopic (exact) mass is 409 g/mol. The molecule has 0 aromatic heterocycles. The van der Waals surface area contributed by atoms with Gasteiger partial charge in [0.1, 0.15) is 6.04 Å². The number of hydrogen-bond donors (Lipinski definition) is 2. The van der Waals surface area contributed by atoms with Crippen LogP contribution in [0.25, 0.3) is 0 Å². The topological polar surface area (TPSA) is 61.4 Å². The third-order valence-electron chi connectivity index (χ3n) is 5.61. The van der Waals surface area contributed by atoms with Gasteiger partial charge in [-0.15, -0.1) is 0 Å². The second-order valence-electron chi connectivity index (χ2n) is 7.70. The molecule has 30 heavy (non-hydrogen) atoms. The summed E-state index contributed by atoms with van der Waals surface area (Å²) in [4.78, 5) is 27.7. The minimum Gasteiger partial charge on any atom is -0.350 e. The van der Waals surface area contributed by atoms with Crippen molar-refractivity contribution in [3.63, 3.8) is 0 Å². The summed E-state index contributed by atoms with van der Waals surface area (Å²) in [5.41, 5.74) is 2.87. The molecule has 2 N–H and O–H groups in total. The van der Waals surface area contributed by atoms with E-state index in [4.69, 9.17) is 0 Å². The van der Waals surface area contributed by atoms with E-state index in [-0.39, 0.29) is 17.7 Å². The van der Waals surface area contributed by atoms with Crippen LogP contribution in [0.4, 0.5) is 0 Å². The van der Waals surface area contributed by atoms with Gasteiger partial charge in [-0.3, -0.25) is 14.5 Å². The first-order valence-corrected chi connectivity index (χ1v) is 10.9. The number of benzene rings is 2. The lowest BCUT2D eigenvalue weighted by Crippen LogP contribution is -2.50. The van der Waals surface area contributed by atoms with Gasteiger partial charge in [-0.1, -0.05) is 76.6 Å². The molecule has 0 aliphatic carbocycles. The molecule has 0 unspecified atom stereocenters. The molecule has 0 spiro atoms. The van der Waals surface area contributed by atoms with Crippen molar-refractivity contribution in [2.75, 3.05) is 13.1 Å². The minimum absolute atomic E-state index is 0.0362. The van der Waals surface area contributed by atoms with Gasteiger partial charge in [0.25, 0.3) is 5.91 Å². The number of nitrogens with zero attached hydrogens (tertiary/aromatic N) is 1. The molecule has 2 aromatic carbocycles. The van der Waals surface area contributed by atoms with E-state index in [0.717, 1.165) is 31.6 Å². The molecule has 5 nitrogen and oxygen atoms in total. The molecule has 0 heterocycles. The van der Waals surface area contributed by atoms with Gasteiger partial charge < -0.3 is 10.6 Å². The standard InChI is InChI=1S/C25H35N3O2/c1-5-19(4)23(27-24(29)22-11-9-8-10-12-22)25(30)26-17-20-13-15-21(16-14-20)18-28(6-2)7-3/h8-16,19,23H,5-7,17-18H2,1-4H3,(H,26,30)(H,27,29)/t19-,23-/m0/s1. The van der Waals surface area contributed by atoms with E-state index >= 15 is 0 Å². The third-order valence-corrected chi connectivity index (χ3v) is 5.61. The minimum atomic E-state index is -0.565. The predicted molar refractivity (Wildman–Crippen MR) is 122 cm³/mol. The average Bonchev–Trinajstić information content (AvgIpc) is 2.80. The zero-order chi connectivity index (χ0) is 21.9. The van der Waals surface area contributed by atoms with Crippen LogP contribution in [-0.4, -0.2) is 35.8 Å². The Balaban J connectivity index is 1.96. The maximum atomic E-state index is 12.8. The van der Waals surface area contributed by atoms with Gasteiger partial charge >= 0.3 is 0 Å². The van der Waals surface area contributed by atoms with Crippen LogP contribution in [0.3, 0.4) is 0 Å². The fourth-order valence-electron chi connectivity index (χ4n) is 3.28. The summed E-state index contributed by atoms with van der Waals surface area (Å²) in [5, 5.41) is 5.90. The van der Waals surface area contributed by atoms with Crippen molar-refractivity contribution in [1.29, 1.82) is 0 Å². The van der Waals surface area contributed by atoms with Gasteiger partial charge in [0.05, 0.1) is 0 Å². The van der Waals surface area contributed by atoms with E-state index in [0.29, 0.717) is 12.1 Å². The summed E-state index contributed by atoms with van der Waals surface area (Å²) in [6.07, 6.45) is 0.799. The van der Waals surface area contributed by atoms with E-state index in [2.05, 4.69) is 53.6 Å². The molecule has 0 aliphatic heterocycles. The smallest absolute Gasteiger partial charge is 0.251 e. The van der Waals surface area contributed by atoms with Crippen LogP contribution >= 0.6 is 0 Å². The highest BCUT2D eigenvalue weighted by Crippen LogP contribution is 2.11. The number of rotatable bonds is 11. The Morgan fingerprint density at radius 3 is 2.07 bits per heavy atom. The predicted octanol–water partition coefficient (Wildman–Crippen LogP) is 3.99. The largest absolute Gasteiger partial charge is 0.350 e. The zero-order valence-corrected chi connectivity index (χ0v) is 18.7. The molecule has 0 radical (unpaired) electrons. The second-order valence-corrected chi connectivity index (χ2v) is 7.70. The van der Waals surface area contributed by atoms with E-state index < -0.39 is 6.04 Å². The van der Waals surface area contributed by atoms with Crippen molar-refractivity contribution in [2.45, 2.75) is 53.2 Å². The normalized spacial score (nSPS) is 13.0. The first-order valence-electron chi connectivity index (χ1n) is 10.9. The Kier molecular flexibility index (Phi) is 9.55.